The van der Waals surface area contributed by atoms with E-state index >= 15 is 0 Å². The Kier molecular flexibility index (Phi) is 6.95. The summed E-state index contributed by atoms with van der Waals surface area (Å²) in [5, 5.41) is 3.23. The van der Waals surface area contributed by atoms with Gasteiger partial charge < -0.3 is 20.5 Å². The molecule has 0 aromatic carbocycles. The molecule has 0 aliphatic heterocycles. The monoisotopic (exact) mass is 268 g/mol. The molecule has 0 radical (unpaired) electrons. The maximum absolute atomic E-state index is 5.95. The van der Waals surface area contributed by atoms with Crippen molar-refractivity contribution in [2.45, 2.75) is 39.2 Å². The fourth-order valence-corrected chi connectivity index (χ4v) is 1.74. The number of methoxy groups -OCH3 is 2. The highest BCUT2D eigenvalue weighted by molar-refractivity contribution is 5.66. The Morgan fingerprint density at radius 1 is 1.16 bits per heavy atom. The van der Waals surface area contributed by atoms with Crippen LogP contribution in [0.1, 0.15) is 38.4 Å². The fraction of sp³-hybridized carbons (Fsp3) is 0.692. The summed E-state index contributed by atoms with van der Waals surface area (Å²) in [7, 11) is 3.14. The van der Waals surface area contributed by atoms with E-state index in [9.17, 15) is 0 Å². The van der Waals surface area contributed by atoms with Crippen LogP contribution in [0.4, 0.5) is 11.5 Å². The third-order valence-corrected chi connectivity index (χ3v) is 2.75. The summed E-state index contributed by atoms with van der Waals surface area (Å²) in [5.74, 6) is 1.57. The number of rotatable bonds is 9. The van der Waals surface area contributed by atoms with Gasteiger partial charge >= 0.3 is 0 Å². The van der Waals surface area contributed by atoms with Gasteiger partial charge in [-0.05, 0) is 6.42 Å². The minimum absolute atomic E-state index is 0.334. The van der Waals surface area contributed by atoms with E-state index in [-0.39, 0.29) is 0 Å². The molecule has 0 spiro atoms. The lowest BCUT2D eigenvalue weighted by Crippen LogP contribution is -2.11. The SMILES string of the molecule is CCCCCCNc1nc(COC)nc(OC)c1N. The number of nitrogens with one attached hydrogen (secondary N) is 1. The first kappa shape index (κ1) is 15.5. The molecule has 0 bridgehead atoms. The third kappa shape index (κ3) is 4.90. The molecular weight excluding hydrogens is 244 g/mol. The number of unbranched alkanes of at least 4 members (excludes halogenated alkanes) is 3. The number of hydrogen-bond donors (Lipinski definition) is 2. The van der Waals surface area contributed by atoms with E-state index in [4.69, 9.17) is 15.2 Å². The number of hydrogen-bond acceptors (Lipinski definition) is 6. The van der Waals surface area contributed by atoms with Gasteiger partial charge in [-0.1, -0.05) is 26.2 Å². The lowest BCUT2D eigenvalue weighted by Gasteiger charge is -2.12. The van der Waals surface area contributed by atoms with E-state index < -0.39 is 0 Å². The van der Waals surface area contributed by atoms with Crippen molar-refractivity contribution in [3.63, 3.8) is 0 Å². The second kappa shape index (κ2) is 8.53. The van der Waals surface area contributed by atoms with Crippen LogP contribution in [0.15, 0.2) is 0 Å². The lowest BCUT2D eigenvalue weighted by atomic mass is 10.2. The number of nitrogen functional groups attached to an aromatic ring is 1. The number of ether oxygens (including phenoxy) is 2. The maximum atomic E-state index is 5.95. The topological polar surface area (TPSA) is 82.3 Å². The highest BCUT2D eigenvalue weighted by Crippen LogP contribution is 2.25. The Bertz CT molecular complexity index is 385. The molecule has 108 valence electrons. The quantitative estimate of drug-likeness (QED) is 0.668. The van der Waals surface area contributed by atoms with Crippen LogP contribution in [0, 0.1) is 0 Å². The molecule has 1 aromatic heterocycles. The zero-order valence-electron chi connectivity index (χ0n) is 12.0. The van der Waals surface area contributed by atoms with E-state index in [0.717, 1.165) is 13.0 Å². The van der Waals surface area contributed by atoms with E-state index in [1.807, 2.05) is 0 Å². The van der Waals surface area contributed by atoms with Crippen molar-refractivity contribution in [2.24, 2.45) is 0 Å². The molecule has 0 aliphatic rings. The molecule has 0 unspecified atom stereocenters. The van der Waals surface area contributed by atoms with Gasteiger partial charge in [0.1, 0.15) is 12.3 Å². The summed E-state index contributed by atoms with van der Waals surface area (Å²) in [6, 6.07) is 0. The van der Waals surface area contributed by atoms with Crippen molar-refractivity contribution in [2.75, 3.05) is 31.8 Å². The molecule has 6 nitrogen and oxygen atoms in total. The molecule has 0 saturated heterocycles. The van der Waals surface area contributed by atoms with E-state index in [0.29, 0.717) is 29.8 Å². The van der Waals surface area contributed by atoms with Gasteiger partial charge in [-0.2, -0.15) is 4.98 Å². The van der Waals surface area contributed by atoms with Crippen LogP contribution in [-0.4, -0.2) is 30.7 Å². The van der Waals surface area contributed by atoms with Gasteiger partial charge in [0.15, 0.2) is 11.6 Å². The smallest absolute Gasteiger partial charge is 0.242 e. The van der Waals surface area contributed by atoms with Crippen LogP contribution >= 0.6 is 0 Å². The second-order valence-electron chi connectivity index (χ2n) is 4.33. The van der Waals surface area contributed by atoms with Crippen molar-refractivity contribution in [3.8, 4) is 5.88 Å². The van der Waals surface area contributed by atoms with Crippen molar-refractivity contribution in [1.29, 1.82) is 0 Å². The zero-order valence-corrected chi connectivity index (χ0v) is 12.0. The van der Waals surface area contributed by atoms with Crippen LogP contribution in [0.2, 0.25) is 0 Å². The summed E-state index contributed by atoms with van der Waals surface area (Å²) in [4.78, 5) is 8.51. The number of nitrogens with two attached hydrogens (primary N) is 1. The van der Waals surface area contributed by atoms with E-state index in [1.54, 1.807) is 14.2 Å². The summed E-state index contributed by atoms with van der Waals surface area (Å²) >= 11 is 0. The predicted molar refractivity (Wildman–Crippen MR) is 76.3 cm³/mol. The van der Waals surface area contributed by atoms with Gasteiger partial charge in [0.25, 0.3) is 0 Å². The highest BCUT2D eigenvalue weighted by Gasteiger charge is 2.11. The van der Waals surface area contributed by atoms with Crippen molar-refractivity contribution >= 4 is 11.5 Å². The summed E-state index contributed by atoms with van der Waals surface area (Å²) in [6.45, 7) is 3.37. The highest BCUT2D eigenvalue weighted by atomic mass is 16.5. The van der Waals surface area contributed by atoms with E-state index in [2.05, 4.69) is 22.2 Å². The van der Waals surface area contributed by atoms with Gasteiger partial charge in [-0.25, -0.2) is 4.98 Å². The molecule has 1 rings (SSSR count). The number of anilines is 2. The minimum Gasteiger partial charge on any atom is -0.479 e. The van der Waals surface area contributed by atoms with Crippen molar-refractivity contribution in [3.05, 3.63) is 5.82 Å². The van der Waals surface area contributed by atoms with E-state index in [1.165, 1.54) is 19.3 Å². The van der Waals surface area contributed by atoms with Gasteiger partial charge in [0.2, 0.25) is 5.88 Å². The summed E-state index contributed by atoms with van der Waals surface area (Å²) in [6.07, 6.45) is 4.77. The summed E-state index contributed by atoms with van der Waals surface area (Å²) in [5.41, 5.74) is 6.39. The normalized spacial score (nSPS) is 10.5. The molecule has 0 atom stereocenters. The first-order valence-electron chi connectivity index (χ1n) is 6.66. The molecular formula is C13H24N4O2. The van der Waals surface area contributed by atoms with Gasteiger partial charge in [0, 0.05) is 13.7 Å². The van der Waals surface area contributed by atoms with Crippen molar-refractivity contribution in [1.82, 2.24) is 9.97 Å². The van der Waals surface area contributed by atoms with Crippen LogP contribution in [0.5, 0.6) is 5.88 Å². The maximum Gasteiger partial charge on any atom is 0.242 e. The standard InChI is InChI=1S/C13H24N4O2/c1-4-5-6-7-8-15-12-11(14)13(19-3)17-10(16-12)9-18-2/h4-9,14H2,1-3H3,(H,15,16,17). The Hall–Kier alpha value is -1.56. The number of nitrogens with zero attached hydrogens (tertiary/aromatic N) is 2. The summed E-state index contributed by atoms with van der Waals surface area (Å²) < 4.78 is 10.2. The van der Waals surface area contributed by atoms with Gasteiger partial charge in [0.05, 0.1) is 7.11 Å². The largest absolute Gasteiger partial charge is 0.479 e. The Balaban J connectivity index is 2.66. The Morgan fingerprint density at radius 3 is 2.58 bits per heavy atom. The molecule has 0 aliphatic carbocycles. The van der Waals surface area contributed by atoms with Crippen LogP contribution in [-0.2, 0) is 11.3 Å². The fourth-order valence-electron chi connectivity index (χ4n) is 1.74. The first-order valence-corrected chi connectivity index (χ1v) is 6.66. The van der Waals surface area contributed by atoms with Gasteiger partial charge in [-0.15, -0.1) is 0 Å². The van der Waals surface area contributed by atoms with Crippen molar-refractivity contribution < 1.29 is 9.47 Å². The lowest BCUT2D eigenvalue weighted by molar-refractivity contribution is 0.177. The average Bonchev–Trinajstić information content (AvgIpc) is 2.41. The Morgan fingerprint density at radius 2 is 1.95 bits per heavy atom. The van der Waals surface area contributed by atoms with Crippen LogP contribution < -0.4 is 15.8 Å². The molecule has 19 heavy (non-hydrogen) atoms. The second-order valence-corrected chi connectivity index (χ2v) is 4.33. The van der Waals surface area contributed by atoms with Gasteiger partial charge in [-0.3, -0.25) is 0 Å². The zero-order chi connectivity index (χ0) is 14.1. The molecule has 0 amide bonds. The molecule has 6 heteroatoms. The number of aromatic nitrogens is 2. The Labute approximate surface area is 114 Å². The molecule has 1 aromatic rings. The first-order chi connectivity index (χ1) is 9.22. The molecule has 0 fully saturated rings. The predicted octanol–water partition coefficient (Wildman–Crippen LogP) is 2.21. The average molecular weight is 268 g/mol. The molecule has 0 saturated carbocycles. The molecule has 1 heterocycles. The third-order valence-electron chi connectivity index (χ3n) is 2.75. The minimum atomic E-state index is 0.334. The van der Waals surface area contributed by atoms with Crippen LogP contribution in [0.3, 0.4) is 0 Å². The molecule has 3 N–H and O–H groups in total. The van der Waals surface area contributed by atoms with Crippen LogP contribution in [0.25, 0.3) is 0 Å².